The number of aliphatic hydroxyl groups excluding tert-OH is 1. The number of benzene rings is 1. The normalized spacial score (nSPS) is 16.0. The lowest BCUT2D eigenvalue weighted by Gasteiger charge is -2.16. The number of halogens is 1. The van der Waals surface area contributed by atoms with Gasteiger partial charge >= 0.3 is 0 Å². The maximum absolute atomic E-state index is 13.7. The van der Waals surface area contributed by atoms with Crippen molar-refractivity contribution < 1.29 is 19.0 Å². The van der Waals surface area contributed by atoms with Crippen molar-refractivity contribution in [3.8, 4) is 5.75 Å². The molecule has 104 valence electrons. The molecule has 1 saturated carbocycles. The molecule has 0 spiro atoms. The highest BCUT2D eigenvalue weighted by Crippen LogP contribution is 2.26. The van der Waals surface area contributed by atoms with E-state index in [1.807, 2.05) is 0 Å². The second-order valence-corrected chi connectivity index (χ2v) is 4.89. The first kappa shape index (κ1) is 13.8. The van der Waals surface area contributed by atoms with Crippen molar-refractivity contribution in [2.75, 3.05) is 13.7 Å². The Hall–Kier alpha value is -1.62. The van der Waals surface area contributed by atoms with Crippen LogP contribution < -0.4 is 4.74 Å². The van der Waals surface area contributed by atoms with E-state index in [4.69, 9.17) is 4.74 Å². The summed E-state index contributed by atoms with van der Waals surface area (Å²) in [6.45, 7) is 1.39. The van der Waals surface area contributed by atoms with E-state index >= 15 is 0 Å². The highest BCUT2D eigenvalue weighted by atomic mass is 19.1. The van der Waals surface area contributed by atoms with Crippen molar-refractivity contribution in [2.45, 2.75) is 31.9 Å². The third-order valence-electron chi connectivity index (χ3n) is 3.28. The van der Waals surface area contributed by atoms with Crippen molar-refractivity contribution in [3.05, 3.63) is 29.6 Å². The van der Waals surface area contributed by atoms with E-state index in [2.05, 4.69) is 0 Å². The first-order valence-electron chi connectivity index (χ1n) is 6.35. The molecule has 0 bridgehead atoms. The van der Waals surface area contributed by atoms with Gasteiger partial charge in [-0.1, -0.05) is 6.07 Å². The van der Waals surface area contributed by atoms with Crippen molar-refractivity contribution in [2.24, 2.45) is 0 Å². The number of nitrogens with zero attached hydrogens (tertiary/aromatic N) is 1. The van der Waals surface area contributed by atoms with Gasteiger partial charge in [0.1, 0.15) is 0 Å². The van der Waals surface area contributed by atoms with Gasteiger partial charge in [0.05, 0.1) is 6.10 Å². The molecule has 0 radical (unpaired) electrons. The number of rotatable bonds is 5. The quantitative estimate of drug-likeness (QED) is 0.886. The molecule has 4 nitrogen and oxygen atoms in total. The van der Waals surface area contributed by atoms with Gasteiger partial charge in [-0.3, -0.25) is 4.79 Å². The Labute approximate surface area is 111 Å². The number of hydrogen-bond acceptors (Lipinski definition) is 3. The number of carbonyl (C=O) groups is 1. The largest absolute Gasteiger partial charge is 0.481 e. The molecule has 2 rings (SSSR count). The van der Waals surface area contributed by atoms with Crippen LogP contribution >= 0.6 is 0 Å². The van der Waals surface area contributed by atoms with Gasteiger partial charge in [0.15, 0.2) is 18.2 Å². The molecule has 1 fully saturated rings. The smallest absolute Gasteiger partial charge is 0.260 e. The van der Waals surface area contributed by atoms with Crippen LogP contribution in [0.5, 0.6) is 5.75 Å². The van der Waals surface area contributed by atoms with Crippen LogP contribution in [0.3, 0.4) is 0 Å². The molecule has 1 aromatic carbocycles. The zero-order valence-electron chi connectivity index (χ0n) is 11.1. The van der Waals surface area contributed by atoms with Gasteiger partial charge in [-0.05, 0) is 37.5 Å². The molecule has 0 aromatic heterocycles. The molecule has 1 aliphatic rings. The summed E-state index contributed by atoms with van der Waals surface area (Å²) in [5.74, 6) is -0.691. The minimum absolute atomic E-state index is 0.0296. The lowest BCUT2D eigenvalue weighted by atomic mass is 10.1. The van der Waals surface area contributed by atoms with E-state index in [0.717, 1.165) is 12.8 Å². The topological polar surface area (TPSA) is 49.8 Å². The standard InChI is InChI=1S/C14H18FNO3/c1-9(17)10-3-6-13(12(15)7-10)19-8-14(18)16(2)11-4-5-11/h3,6-7,9,11,17H,4-5,8H2,1-2H3/t9-/m1/s1. The van der Waals surface area contributed by atoms with Gasteiger partial charge in [0, 0.05) is 13.1 Å². The maximum Gasteiger partial charge on any atom is 0.260 e. The van der Waals surface area contributed by atoms with E-state index in [-0.39, 0.29) is 18.3 Å². The van der Waals surface area contributed by atoms with E-state index in [1.165, 1.54) is 12.1 Å². The minimum atomic E-state index is -0.730. The number of carbonyl (C=O) groups excluding carboxylic acids is 1. The fourth-order valence-electron chi connectivity index (χ4n) is 1.80. The summed E-state index contributed by atoms with van der Waals surface area (Å²) < 4.78 is 18.9. The zero-order chi connectivity index (χ0) is 14.0. The summed E-state index contributed by atoms with van der Waals surface area (Å²) in [5.41, 5.74) is 0.478. The number of likely N-dealkylation sites (N-methyl/N-ethyl adjacent to an activating group) is 1. The van der Waals surface area contributed by atoms with Crippen LogP contribution in [0.4, 0.5) is 4.39 Å². The SMILES string of the molecule is C[C@@H](O)c1ccc(OCC(=O)N(C)C2CC2)c(F)c1. The van der Waals surface area contributed by atoms with Gasteiger partial charge in [0.25, 0.3) is 5.91 Å². The second kappa shape index (κ2) is 5.57. The van der Waals surface area contributed by atoms with Crippen LogP contribution in [0.15, 0.2) is 18.2 Å². The Balaban J connectivity index is 1.93. The highest BCUT2D eigenvalue weighted by Gasteiger charge is 2.29. The molecule has 0 saturated heterocycles. The molecule has 0 unspecified atom stereocenters. The monoisotopic (exact) mass is 267 g/mol. The predicted octanol–water partition coefficient (Wildman–Crippen LogP) is 1.88. The Morgan fingerprint density at radius 1 is 1.58 bits per heavy atom. The van der Waals surface area contributed by atoms with E-state index in [0.29, 0.717) is 11.6 Å². The van der Waals surface area contributed by atoms with Crippen molar-refractivity contribution in [1.82, 2.24) is 4.90 Å². The van der Waals surface area contributed by atoms with Crippen LogP contribution in [0.1, 0.15) is 31.4 Å². The molecule has 1 aromatic rings. The summed E-state index contributed by atoms with van der Waals surface area (Å²) in [7, 11) is 1.73. The van der Waals surface area contributed by atoms with Crippen LogP contribution in [-0.2, 0) is 4.79 Å². The third kappa shape index (κ3) is 3.44. The summed E-state index contributed by atoms with van der Waals surface area (Å²) in [4.78, 5) is 13.4. The highest BCUT2D eigenvalue weighted by molar-refractivity contribution is 5.78. The van der Waals surface area contributed by atoms with E-state index < -0.39 is 11.9 Å². The predicted molar refractivity (Wildman–Crippen MR) is 68.3 cm³/mol. The summed E-state index contributed by atoms with van der Waals surface area (Å²) in [6.07, 6.45) is 1.32. The number of aliphatic hydroxyl groups is 1. The van der Waals surface area contributed by atoms with Crippen molar-refractivity contribution in [3.63, 3.8) is 0 Å². The fraction of sp³-hybridized carbons (Fsp3) is 0.500. The maximum atomic E-state index is 13.7. The Kier molecular flexibility index (Phi) is 4.04. The molecule has 1 atom stereocenters. The Morgan fingerprint density at radius 2 is 2.26 bits per heavy atom. The first-order valence-corrected chi connectivity index (χ1v) is 6.35. The Bertz CT molecular complexity index is 472. The minimum Gasteiger partial charge on any atom is -0.481 e. The zero-order valence-corrected chi connectivity index (χ0v) is 11.1. The molecule has 0 heterocycles. The summed E-state index contributed by atoms with van der Waals surface area (Å²) in [6, 6.07) is 4.55. The number of amides is 1. The summed E-state index contributed by atoms with van der Waals surface area (Å²) in [5, 5.41) is 9.33. The van der Waals surface area contributed by atoms with Crippen LogP contribution in [0, 0.1) is 5.82 Å². The number of hydrogen-bond donors (Lipinski definition) is 1. The fourth-order valence-corrected chi connectivity index (χ4v) is 1.80. The number of ether oxygens (including phenoxy) is 1. The Morgan fingerprint density at radius 3 is 2.79 bits per heavy atom. The molecular formula is C14H18FNO3. The molecule has 1 aliphatic carbocycles. The van der Waals surface area contributed by atoms with Crippen molar-refractivity contribution >= 4 is 5.91 Å². The first-order chi connectivity index (χ1) is 8.99. The van der Waals surface area contributed by atoms with Gasteiger partial charge in [-0.25, -0.2) is 4.39 Å². The molecule has 5 heteroatoms. The lowest BCUT2D eigenvalue weighted by molar-refractivity contribution is -0.132. The van der Waals surface area contributed by atoms with Crippen LogP contribution in [0.2, 0.25) is 0 Å². The second-order valence-electron chi connectivity index (χ2n) is 4.89. The molecule has 19 heavy (non-hydrogen) atoms. The lowest BCUT2D eigenvalue weighted by Crippen LogP contribution is -2.33. The molecule has 0 aliphatic heterocycles. The molecular weight excluding hydrogens is 249 g/mol. The third-order valence-corrected chi connectivity index (χ3v) is 3.28. The van der Waals surface area contributed by atoms with Crippen LogP contribution in [0.25, 0.3) is 0 Å². The van der Waals surface area contributed by atoms with Gasteiger partial charge in [-0.2, -0.15) is 0 Å². The molecule has 1 amide bonds. The average Bonchev–Trinajstić information content (AvgIpc) is 3.20. The van der Waals surface area contributed by atoms with Gasteiger partial charge in [-0.15, -0.1) is 0 Å². The summed E-state index contributed by atoms with van der Waals surface area (Å²) >= 11 is 0. The van der Waals surface area contributed by atoms with E-state index in [9.17, 15) is 14.3 Å². The van der Waals surface area contributed by atoms with Crippen molar-refractivity contribution in [1.29, 1.82) is 0 Å². The average molecular weight is 267 g/mol. The molecule has 1 N–H and O–H groups in total. The van der Waals surface area contributed by atoms with Gasteiger partial charge in [0.2, 0.25) is 0 Å². The van der Waals surface area contributed by atoms with Gasteiger partial charge < -0.3 is 14.7 Å². The van der Waals surface area contributed by atoms with E-state index in [1.54, 1.807) is 24.9 Å². The van der Waals surface area contributed by atoms with Crippen LogP contribution in [-0.4, -0.2) is 35.6 Å².